The molecule has 1 aromatic heterocycles. The van der Waals surface area contributed by atoms with E-state index >= 15 is 0 Å². The first-order chi connectivity index (χ1) is 16.0. The number of alkyl halides is 3. The number of nitrogens with zero attached hydrogens (tertiary/aromatic N) is 4. The highest BCUT2D eigenvalue weighted by atomic mass is 35.5. The molecule has 0 aliphatic carbocycles. The average molecular weight is 502 g/mol. The minimum atomic E-state index is -4.54. The van der Waals surface area contributed by atoms with Gasteiger partial charge in [0.1, 0.15) is 18.8 Å². The summed E-state index contributed by atoms with van der Waals surface area (Å²) in [5, 5.41) is 20.9. The van der Waals surface area contributed by atoms with Gasteiger partial charge in [0.25, 0.3) is 0 Å². The van der Waals surface area contributed by atoms with E-state index < -0.39 is 17.8 Å². The van der Waals surface area contributed by atoms with Crippen molar-refractivity contribution in [2.45, 2.75) is 51.8 Å². The number of carbonyl (C=O) groups is 1. The average Bonchev–Trinajstić information content (AvgIpc) is 3.01. The third kappa shape index (κ3) is 5.65. The van der Waals surface area contributed by atoms with Crippen molar-refractivity contribution < 1.29 is 27.3 Å². The van der Waals surface area contributed by atoms with E-state index in [4.69, 9.17) is 16.3 Å². The molecule has 34 heavy (non-hydrogen) atoms. The lowest BCUT2D eigenvalue weighted by Gasteiger charge is -2.50. The zero-order chi connectivity index (χ0) is 24.5. The molecule has 2 aliphatic rings. The van der Waals surface area contributed by atoms with Crippen LogP contribution in [0.2, 0.25) is 5.02 Å². The number of ether oxygens (including phenoxy) is 1. The normalized spacial score (nSPS) is 23.4. The van der Waals surface area contributed by atoms with Crippen molar-refractivity contribution in [3.63, 3.8) is 0 Å². The molecule has 1 aromatic carbocycles. The molecule has 1 amide bonds. The molecule has 0 saturated carbocycles. The van der Waals surface area contributed by atoms with Crippen molar-refractivity contribution in [2.24, 2.45) is 0 Å². The number of halogens is 4. The molecule has 12 heteroatoms. The Kier molecular flexibility index (Phi) is 7.09. The maximum Gasteiger partial charge on any atom is 0.416 e. The number of fused-ring (bicyclic) bond motifs is 1. The van der Waals surface area contributed by atoms with E-state index in [1.54, 1.807) is 0 Å². The zero-order valence-corrected chi connectivity index (χ0v) is 19.5. The molecule has 1 fully saturated rings. The second-order valence-electron chi connectivity index (χ2n) is 8.91. The fraction of sp³-hybridized carbons (Fsp3) is 0.545. The van der Waals surface area contributed by atoms with Gasteiger partial charge in [-0.3, -0.25) is 4.68 Å². The number of hydroxylamine groups is 3. The van der Waals surface area contributed by atoms with Crippen LogP contribution in [-0.4, -0.2) is 57.6 Å². The molecule has 8 nitrogen and oxygen atoms in total. The van der Waals surface area contributed by atoms with Gasteiger partial charge in [0.05, 0.1) is 30.4 Å². The standard InChI is InChI=1S/C22H27ClF3N5O3/c1-15-11-27-3-6-31(15,33)13-19-10-20-12-29(4-2-5-30(20)28-19)21(32)34-14-16-7-17(22(24,25)26)9-18(23)8-16/h7-10,15,27H,2-6,11-14H2,1H3. The maximum atomic E-state index is 13.2. The van der Waals surface area contributed by atoms with Gasteiger partial charge in [-0.1, -0.05) is 11.6 Å². The Bertz CT molecular complexity index is 1050. The highest BCUT2D eigenvalue weighted by Crippen LogP contribution is 2.32. The van der Waals surface area contributed by atoms with Crippen LogP contribution in [0, 0.1) is 5.21 Å². The minimum absolute atomic E-state index is 0.0777. The number of carbonyl (C=O) groups excluding carboxylic acids is 1. The third-order valence-electron chi connectivity index (χ3n) is 6.31. The first kappa shape index (κ1) is 24.8. The molecule has 0 spiro atoms. The lowest BCUT2D eigenvalue weighted by Crippen LogP contribution is -2.59. The number of hydrogen-bond acceptors (Lipinski definition) is 5. The molecule has 1 N–H and O–H groups in total. The van der Waals surface area contributed by atoms with Crippen LogP contribution in [0.15, 0.2) is 24.3 Å². The number of quaternary nitrogens is 1. The van der Waals surface area contributed by atoms with E-state index in [0.717, 1.165) is 17.8 Å². The number of nitrogens with one attached hydrogen (secondary N) is 1. The Balaban J connectivity index is 1.40. The van der Waals surface area contributed by atoms with Crippen molar-refractivity contribution in [3.8, 4) is 0 Å². The Hall–Kier alpha value is -2.34. The molecule has 2 unspecified atom stereocenters. The summed E-state index contributed by atoms with van der Waals surface area (Å²) in [5.74, 6) is 0. The van der Waals surface area contributed by atoms with Gasteiger partial charge in [0.15, 0.2) is 0 Å². The molecular weight excluding hydrogens is 475 g/mol. The summed E-state index contributed by atoms with van der Waals surface area (Å²) in [6.07, 6.45) is -4.54. The predicted molar refractivity (Wildman–Crippen MR) is 118 cm³/mol. The molecule has 4 rings (SSSR count). The van der Waals surface area contributed by atoms with Crippen LogP contribution in [0.3, 0.4) is 0 Å². The van der Waals surface area contributed by atoms with Crippen molar-refractivity contribution >= 4 is 17.7 Å². The van der Waals surface area contributed by atoms with Gasteiger partial charge in [0, 0.05) is 31.2 Å². The molecule has 2 atom stereocenters. The maximum absolute atomic E-state index is 13.2. The second kappa shape index (κ2) is 9.73. The van der Waals surface area contributed by atoms with Gasteiger partial charge in [-0.15, -0.1) is 0 Å². The van der Waals surface area contributed by atoms with E-state index in [9.17, 15) is 23.2 Å². The van der Waals surface area contributed by atoms with Crippen LogP contribution in [0.5, 0.6) is 0 Å². The Labute approximate surface area is 200 Å². The smallest absolute Gasteiger partial charge is 0.416 e. The number of benzene rings is 1. The van der Waals surface area contributed by atoms with E-state index in [-0.39, 0.29) is 41.0 Å². The molecular formula is C22H27ClF3N5O3. The fourth-order valence-electron chi connectivity index (χ4n) is 4.36. The third-order valence-corrected chi connectivity index (χ3v) is 6.53. The van der Waals surface area contributed by atoms with Crippen LogP contribution in [0.1, 0.15) is 35.9 Å². The van der Waals surface area contributed by atoms with Crippen LogP contribution in [0.4, 0.5) is 18.0 Å². The first-order valence-corrected chi connectivity index (χ1v) is 11.5. The summed E-state index contributed by atoms with van der Waals surface area (Å²) < 4.78 is 45.8. The highest BCUT2D eigenvalue weighted by Gasteiger charge is 2.32. The van der Waals surface area contributed by atoms with Gasteiger partial charge in [0.2, 0.25) is 0 Å². The minimum Gasteiger partial charge on any atom is -0.632 e. The molecule has 2 aromatic rings. The number of aryl methyl sites for hydroxylation is 1. The number of hydrogen-bond donors (Lipinski definition) is 1. The number of rotatable bonds is 4. The van der Waals surface area contributed by atoms with Gasteiger partial charge in [-0.05, 0) is 43.2 Å². The van der Waals surface area contributed by atoms with E-state index in [1.807, 2.05) is 17.7 Å². The van der Waals surface area contributed by atoms with Crippen LogP contribution in [-0.2, 0) is 37.2 Å². The second-order valence-corrected chi connectivity index (χ2v) is 9.35. The lowest BCUT2D eigenvalue weighted by atomic mass is 10.1. The number of piperazine rings is 1. The van der Waals surface area contributed by atoms with Gasteiger partial charge < -0.3 is 24.8 Å². The van der Waals surface area contributed by atoms with Crippen molar-refractivity contribution in [1.82, 2.24) is 20.0 Å². The topological polar surface area (TPSA) is 82.5 Å². The summed E-state index contributed by atoms with van der Waals surface area (Å²) in [6, 6.07) is 4.86. The molecule has 0 radical (unpaired) electrons. The fourth-order valence-corrected chi connectivity index (χ4v) is 4.62. The van der Waals surface area contributed by atoms with Crippen LogP contribution >= 0.6 is 11.6 Å². The summed E-state index contributed by atoms with van der Waals surface area (Å²) >= 11 is 5.80. The quantitative estimate of drug-likeness (QED) is 0.507. The van der Waals surface area contributed by atoms with E-state index in [0.29, 0.717) is 44.8 Å². The summed E-state index contributed by atoms with van der Waals surface area (Å²) in [4.78, 5) is 14.2. The summed E-state index contributed by atoms with van der Waals surface area (Å²) in [6.45, 7) is 4.92. The van der Waals surface area contributed by atoms with Crippen molar-refractivity contribution in [2.75, 3.05) is 26.2 Å². The number of amides is 1. The highest BCUT2D eigenvalue weighted by molar-refractivity contribution is 6.30. The van der Waals surface area contributed by atoms with Crippen LogP contribution in [0.25, 0.3) is 0 Å². The Morgan fingerprint density at radius 1 is 1.32 bits per heavy atom. The van der Waals surface area contributed by atoms with Gasteiger partial charge in [-0.2, -0.15) is 18.3 Å². The molecule has 1 saturated heterocycles. The van der Waals surface area contributed by atoms with Crippen molar-refractivity contribution in [3.05, 3.63) is 57.0 Å². The predicted octanol–water partition coefficient (Wildman–Crippen LogP) is 3.90. The molecule has 2 aliphatic heterocycles. The molecule has 0 bridgehead atoms. The van der Waals surface area contributed by atoms with E-state index in [2.05, 4.69) is 10.4 Å². The summed E-state index contributed by atoms with van der Waals surface area (Å²) in [5.41, 5.74) is 0.744. The van der Waals surface area contributed by atoms with Gasteiger partial charge in [-0.25, -0.2) is 4.79 Å². The monoisotopic (exact) mass is 501 g/mol. The zero-order valence-electron chi connectivity index (χ0n) is 18.8. The Morgan fingerprint density at radius 2 is 2.12 bits per heavy atom. The summed E-state index contributed by atoms with van der Waals surface area (Å²) in [7, 11) is 0. The lowest BCUT2D eigenvalue weighted by molar-refractivity contribution is -0.918. The molecule has 186 valence electrons. The first-order valence-electron chi connectivity index (χ1n) is 11.2. The number of aromatic nitrogens is 2. The van der Waals surface area contributed by atoms with E-state index in [1.165, 1.54) is 11.0 Å². The Morgan fingerprint density at radius 3 is 2.85 bits per heavy atom. The largest absolute Gasteiger partial charge is 0.632 e. The van der Waals surface area contributed by atoms with Crippen molar-refractivity contribution in [1.29, 1.82) is 0 Å². The van der Waals surface area contributed by atoms with Crippen LogP contribution < -0.4 is 5.32 Å². The van der Waals surface area contributed by atoms with Gasteiger partial charge >= 0.3 is 12.3 Å². The SMILES string of the molecule is CC1CNCC[N+]1([O-])Cc1cc2n(n1)CCCN(C(=O)OCc1cc(Cl)cc(C(F)(F)F)c1)C2. The molecule has 3 heterocycles.